The fourth-order valence-corrected chi connectivity index (χ4v) is 3.31. The van der Waals surface area contributed by atoms with Crippen LogP contribution in [0.5, 0.6) is 0 Å². The van der Waals surface area contributed by atoms with Crippen molar-refractivity contribution in [3.63, 3.8) is 0 Å². The quantitative estimate of drug-likeness (QED) is 0.796. The summed E-state index contributed by atoms with van der Waals surface area (Å²) in [5, 5.41) is 0. The highest BCUT2D eigenvalue weighted by molar-refractivity contribution is 9.11. The summed E-state index contributed by atoms with van der Waals surface area (Å²) in [5.74, 6) is -1.29. The number of aliphatic imine (C=N–C) groups is 1. The predicted octanol–water partition coefficient (Wildman–Crippen LogP) is 4.31. The number of thiophene rings is 1. The van der Waals surface area contributed by atoms with Crippen LogP contribution in [0.1, 0.15) is 16.5 Å². The van der Waals surface area contributed by atoms with E-state index in [1.165, 1.54) is 29.5 Å². The summed E-state index contributed by atoms with van der Waals surface area (Å²) in [6.07, 6.45) is -0.273. The van der Waals surface area contributed by atoms with E-state index in [2.05, 4.69) is 20.9 Å². The summed E-state index contributed by atoms with van der Waals surface area (Å²) >= 11 is 4.89. The molecule has 0 fully saturated rings. The summed E-state index contributed by atoms with van der Waals surface area (Å²) in [6.45, 7) is 0.371. The van der Waals surface area contributed by atoms with E-state index in [0.29, 0.717) is 6.54 Å². The largest absolute Gasteiger partial charge is 0.466 e. The summed E-state index contributed by atoms with van der Waals surface area (Å²) in [6, 6.07) is 7.52. The SMILES string of the molecule is Fc1cccc(F)c1C1=NCC(c2ccc(Br)s2)O1. The molecule has 0 spiro atoms. The molecule has 3 rings (SSSR count). The second kappa shape index (κ2) is 5.02. The number of hydrogen-bond acceptors (Lipinski definition) is 3. The van der Waals surface area contributed by atoms with Crippen LogP contribution in [0.3, 0.4) is 0 Å². The Labute approximate surface area is 120 Å². The second-order valence-electron chi connectivity index (χ2n) is 3.99. The van der Waals surface area contributed by atoms with Gasteiger partial charge in [0.15, 0.2) is 6.10 Å². The van der Waals surface area contributed by atoms with Crippen molar-refractivity contribution in [1.29, 1.82) is 0 Å². The Hall–Kier alpha value is -1.27. The molecule has 6 heteroatoms. The summed E-state index contributed by atoms with van der Waals surface area (Å²) in [5.41, 5.74) is -0.194. The third-order valence-corrected chi connectivity index (χ3v) is 4.46. The molecule has 0 saturated heterocycles. The van der Waals surface area contributed by atoms with Crippen LogP contribution in [0, 0.1) is 11.6 Å². The number of benzene rings is 1. The molecule has 1 aliphatic rings. The van der Waals surface area contributed by atoms with Gasteiger partial charge in [0.25, 0.3) is 0 Å². The highest BCUT2D eigenvalue weighted by Crippen LogP contribution is 2.33. The van der Waals surface area contributed by atoms with E-state index in [9.17, 15) is 8.78 Å². The third kappa shape index (κ3) is 2.42. The molecule has 0 radical (unpaired) electrons. The molecule has 0 aliphatic carbocycles. The first-order valence-electron chi connectivity index (χ1n) is 5.56. The maximum atomic E-state index is 13.6. The van der Waals surface area contributed by atoms with E-state index >= 15 is 0 Å². The molecule has 0 bridgehead atoms. The van der Waals surface area contributed by atoms with Crippen molar-refractivity contribution in [3.8, 4) is 0 Å². The Kier molecular flexibility index (Phi) is 3.36. The van der Waals surface area contributed by atoms with Crippen LogP contribution in [0.2, 0.25) is 0 Å². The number of rotatable bonds is 2. The molecular weight excluding hydrogens is 336 g/mol. The van der Waals surface area contributed by atoms with E-state index in [1.807, 2.05) is 12.1 Å². The van der Waals surface area contributed by atoms with Crippen LogP contribution < -0.4 is 0 Å². The molecule has 1 aromatic heterocycles. The average Bonchev–Trinajstić information content (AvgIpc) is 2.98. The number of ether oxygens (including phenoxy) is 1. The van der Waals surface area contributed by atoms with E-state index in [4.69, 9.17) is 4.74 Å². The lowest BCUT2D eigenvalue weighted by atomic mass is 10.2. The molecule has 98 valence electrons. The summed E-state index contributed by atoms with van der Waals surface area (Å²) in [7, 11) is 0. The van der Waals surface area contributed by atoms with Crippen molar-refractivity contribution in [3.05, 3.63) is 56.2 Å². The highest BCUT2D eigenvalue weighted by Gasteiger charge is 2.27. The highest BCUT2D eigenvalue weighted by atomic mass is 79.9. The first kappa shape index (κ1) is 12.7. The van der Waals surface area contributed by atoms with Crippen molar-refractivity contribution < 1.29 is 13.5 Å². The third-order valence-electron chi connectivity index (χ3n) is 2.74. The zero-order valence-electron chi connectivity index (χ0n) is 9.57. The number of halogens is 3. The molecule has 0 saturated carbocycles. The van der Waals surface area contributed by atoms with E-state index in [0.717, 1.165) is 8.66 Å². The lowest BCUT2D eigenvalue weighted by Crippen LogP contribution is -2.09. The van der Waals surface area contributed by atoms with Gasteiger partial charge in [-0.1, -0.05) is 6.07 Å². The fraction of sp³-hybridized carbons (Fsp3) is 0.154. The monoisotopic (exact) mass is 343 g/mol. The van der Waals surface area contributed by atoms with Gasteiger partial charge >= 0.3 is 0 Å². The molecule has 2 heterocycles. The normalized spacial score (nSPS) is 18.3. The van der Waals surface area contributed by atoms with Gasteiger partial charge in [-0.2, -0.15) is 0 Å². The van der Waals surface area contributed by atoms with Crippen LogP contribution >= 0.6 is 27.3 Å². The van der Waals surface area contributed by atoms with Crippen LogP contribution in [-0.4, -0.2) is 12.4 Å². The van der Waals surface area contributed by atoms with E-state index in [-0.39, 0.29) is 17.6 Å². The van der Waals surface area contributed by atoms with Gasteiger partial charge in [0.1, 0.15) is 17.2 Å². The Bertz CT molecular complexity index is 636. The molecule has 2 nitrogen and oxygen atoms in total. The molecule has 1 unspecified atom stereocenters. The molecule has 1 aromatic carbocycles. The van der Waals surface area contributed by atoms with Crippen LogP contribution in [0.4, 0.5) is 8.78 Å². The summed E-state index contributed by atoms with van der Waals surface area (Å²) in [4.78, 5) is 5.07. The van der Waals surface area contributed by atoms with Crippen molar-refractivity contribution in [2.24, 2.45) is 4.99 Å². The fourth-order valence-electron chi connectivity index (χ4n) is 1.86. The van der Waals surface area contributed by atoms with Crippen molar-refractivity contribution in [1.82, 2.24) is 0 Å². The average molecular weight is 344 g/mol. The van der Waals surface area contributed by atoms with Gasteiger partial charge in [0.05, 0.1) is 10.3 Å². The zero-order valence-corrected chi connectivity index (χ0v) is 12.0. The van der Waals surface area contributed by atoms with Gasteiger partial charge in [-0.25, -0.2) is 13.8 Å². The lowest BCUT2D eigenvalue weighted by Gasteiger charge is -2.10. The van der Waals surface area contributed by atoms with Gasteiger partial charge in [0.2, 0.25) is 5.90 Å². The van der Waals surface area contributed by atoms with Gasteiger partial charge in [-0.15, -0.1) is 11.3 Å². The Morgan fingerprint density at radius 2 is 1.95 bits per heavy atom. The van der Waals surface area contributed by atoms with Crippen molar-refractivity contribution >= 4 is 33.2 Å². The molecule has 19 heavy (non-hydrogen) atoms. The van der Waals surface area contributed by atoms with Gasteiger partial charge in [0, 0.05) is 4.88 Å². The summed E-state index contributed by atoms with van der Waals surface area (Å²) < 4.78 is 33.8. The second-order valence-corrected chi connectivity index (χ2v) is 6.49. The minimum Gasteiger partial charge on any atom is -0.466 e. The van der Waals surface area contributed by atoms with Crippen LogP contribution in [0.15, 0.2) is 39.1 Å². The van der Waals surface area contributed by atoms with Crippen LogP contribution in [0.25, 0.3) is 0 Å². The van der Waals surface area contributed by atoms with Gasteiger partial charge in [-0.05, 0) is 40.2 Å². The van der Waals surface area contributed by atoms with Gasteiger partial charge in [-0.3, -0.25) is 0 Å². The minimum atomic E-state index is -0.660. The molecule has 1 aliphatic heterocycles. The molecule has 0 N–H and O–H groups in total. The Balaban J connectivity index is 1.86. The standard InChI is InChI=1S/C13H8BrF2NOS/c14-11-5-4-10(19-11)9-6-17-13(18-9)12-7(15)2-1-3-8(12)16/h1-5,9H,6H2. The molecule has 2 aromatic rings. The number of hydrogen-bond donors (Lipinski definition) is 0. The Morgan fingerprint density at radius 3 is 2.58 bits per heavy atom. The zero-order chi connectivity index (χ0) is 13.4. The smallest absolute Gasteiger partial charge is 0.222 e. The molecule has 0 amide bonds. The van der Waals surface area contributed by atoms with Crippen molar-refractivity contribution in [2.45, 2.75) is 6.10 Å². The first-order valence-corrected chi connectivity index (χ1v) is 7.17. The maximum absolute atomic E-state index is 13.6. The molecular formula is C13H8BrF2NOS. The first-order chi connectivity index (χ1) is 9.15. The van der Waals surface area contributed by atoms with E-state index < -0.39 is 11.6 Å². The molecule has 1 atom stereocenters. The lowest BCUT2D eigenvalue weighted by molar-refractivity contribution is 0.233. The number of nitrogens with zero attached hydrogens (tertiary/aromatic N) is 1. The topological polar surface area (TPSA) is 21.6 Å². The maximum Gasteiger partial charge on any atom is 0.222 e. The van der Waals surface area contributed by atoms with Gasteiger partial charge < -0.3 is 4.74 Å². The van der Waals surface area contributed by atoms with Crippen LogP contribution in [-0.2, 0) is 4.74 Å². The van der Waals surface area contributed by atoms with E-state index in [1.54, 1.807) is 0 Å². The van der Waals surface area contributed by atoms with Crippen molar-refractivity contribution in [2.75, 3.05) is 6.54 Å². The minimum absolute atomic E-state index is 0.0325. The Morgan fingerprint density at radius 1 is 1.21 bits per heavy atom. The predicted molar refractivity (Wildman–Crippen MR) is 73.6 cm³/mol.